The minimum Gasteiger partial charge on any atom is -0.336 e. The lowest BCUT2D eigenvalue weighted by Gasteiger charge is -2.14. The summed E-state index contributed by atoms with van der Waals surface area (Å²) in [6, 6.07) is 15.8. The number of hydrogen-bond acceptors (Lipinski definition) is 4. The standard InChI is InChI=1S/C24H18ClFN2O4S/c1-15-5-10-21-20(11-15)24(30)22(33(31,32)19-8-6-17(26)7-9-19)13-28(21)14-23(29)27-18-4-2-3-16(25)12-18/h2-13H,14H2,1H3,(H,27,29). The molecular weight excluding hydrogens is 467 g/mol. The van der Waals surface area contributed by atoms with Crippen molar-refractivity contribution in [2.75, 3.05) is 5.32 Å². The van der Waals surface area contributed by atoms with Crippen LogP contribution in [-0.2, 0) is 21.2 Å². The molecule has 9 heteroatoms. The highest BCUT2D eigenvalue weighted by Crippen LogP contribution is 2.23. The number of hydrogen-bond donors (Lipinski definition) is 1. The monoisotopic (exact) mass is 484 g/mol. The first kappa shape index (κ1) is 22.7. The van der Waals surface area contributed by atoms with Crippen LogP contribution in [0, 0.1) is 12.7 Å². The number of rotatable bonds is 5. The Morgan fingerprint density at radius 1 is 1.06 bits per heavy atom. The molecule has 4 rings (SSSR count). The van der Waals surface area contributed by atoms with Gasteiger partial charge in [-0.15, -0.1) is 0 Å². The van der Waals surface area contributed by atoms with Crippen LogP contribution in [0.2, 0.25) is 5.02 Å². The van der Waals surface area contributed by atoms with E-state index in [-0.39, 0.29) is 16.8 Å². The molecule has 168 valence electrons. The summed E-state index contributed by atoms with van der Waals surface area (Å²) < 4.78 is 41.1. The Balaban J connectivity index is 1.82. The van der Waals surface area contributed by atoms with Crippen LogP contribution in [-0.4, -0.2) is 18.9 Å². The molecule has 0 radical (unpaired) electrons. The lowest BCUT2D eigenvalue weighted by molar-refractivity contribution is -0.116. The predicted octanol–water partition coefficient (Wildman–Crippen LogP) is 4.57. The van der Waals surface area contributed by atoms with Gasteiger partial charge in [0.2, 0.25) is 21.2 Å². The number of nitrogens with one attached hydrogen (secondary N) is 1. The second kappa shape index (κ2) is 8.80. The van der Waals surface area contributed by atoms with Crippen molar-refractivity contribution in [1.82, 2.24) is 4.57 Å². The smallest absolute Gasteiger partial charge is 0.244 e. The van der Waals surface area contributed by atoms with Crippen molar-refractivity contribution in [3.05, 3.63) is 99.6 Å². The van der Waals surface area contributed by atoms with Crippen LogP contribution in [0.4, 0.5) is 10.1 Å². The van der Waals surface area contributed by atoms with Crippen LogP contribution < -0.4 is 10.7 Å². The fourth-order valence-corrected chi connectivity index (χ4v) is 5.03. The van der Waals surface area contributed by atoms with Crippen LogP contribution in [0.5, 0.6) is 0 Å². The SMILES string of the molecule is Cc1ccc2c(c1)c(=O)c(S(=O)(=O)c1ccc(F)cc1)cn2CC(=O)Nc1cccc(Cl)c1. The summed E-state index contributed by atoms with van der Waals surface area (Å²) in [5.41, 5.74) is 0.952. The molecule has 1 aromatic heterocycles. The van der Waals surface area contributed by atoms with Crippen molar-refractivity contribution in [3.8, 4) is 0 Å². The molecule has 3 aromatic carbocycles. The van der Waals surface area contributed by atoms with Crippen LogP contribution in [0.25, 0.3) is 10.9 Å². The number of fused-ring (bicyclic) bond motifs is 1. The van der Waals surface area contributed by atoms with Crippen molar-refractivity contribution >= 4 is 43.9 Å². The predicted molar refractivity (Wildman–Crippen MR) is 125 cm³/mol. The molecule has 0 saturated heterocycles. The van der Waals surface area contributed by atoms with E-state index in [0.717, 1.165) is 36.0 Å². The zero-order valence-electron chi connectivity index (χ0n) is 17.4. The van der Waals surface area contributed by atoms with Gasteiger partial charge in [0.1, 0.15) is 17.3 Å². The Bertz CT molecular complexity index is 1550. The Labute approximate surface area is 194 Å². The highest BCUT2D eigenvalue weighted by atomic mass is 35.5. The first-order valence-electron chi connectivity index (χ1n) is 9.85. The molecule has 4 aromatic rings. The average Bonchev–Trinajstić information content (AvgIpc) is 2.76. The van der Waals surface area contributed by atoms with E-state index < -0.39 is 31.9 Å². The number of carbonyl (C=O) groups is 1. The maximum atomic E-state index is 13.3. The summed E-state index contributed by atoms with van der Waals surface area (Å²) in [7, 11) is -4.26. The van der Waals surface area contributed by atoms with E-state index in [9.17, 15) is 22.4 Å². The number of carbonyl (C=O) groups excluding carboxylic acids is 1. The number of amides is 1. The van der Waals surface area contributed by atoms with Gasteiger partial charge in [0, 0.05) is 22.3 Å². The highest BCUT2D eigenvalue weighted by Gasteiger charge is 2.24. The van der Waals surface area contributed by atoms with Crippen molar-refractivity contribution in [3.63, 3.8) is 0 Å². The quantitative estimate of drug-likeness (QED) is 0.420. The molecule has 0 bridgehead atoms. The van der Waals surface area contributed by atoms with Gasteiger partial charge in [0.05, 0.1) is 10.4 Å². The summed E-state index contributed by atoms with van der Waals surface area (Å²) in [4.78, 5) is 25.1. The van der Waals surface area contributed by atoms with Gasteiger partial charge in [-0.3, -0.25) is 9.59 Å². The van der Waals surface area contributed by atoms with Gasteiger partial charge in [-0.1, -0.05) is 29.3 Å². The molecule has 0 unspecified atom stereocenters. The lowest BCUT2D eigenvalue weighted by atomic mass is 10.1. The van der Waals surface area contributed by atoms with Gasteiger partial charge in [0.15, 0.2) is 0 Å². The number of aryl methyl sites for hydroxylation is 1. The molecule has 1 heterocycles. The number of benzene rings is 3. The normalized spacial score (nSPS) is 11.5. The summed E-state index contributed by atoms with van der Waals surface area (Å²) in [5, 5.41) is 3.31. The van der Waals surface area contributed by atoms with Gasteiger partial charge < -0.3 is 9.88 Å². The lowest BCUT2D eigenvalue weighted by Crippen LogP contribution is -2.24. The fraction of sp³-hybridized carbons (Fsp3) is 0.0833. The third-order valence-electron chi connectivity index (χ3n) is 5.04. The van der Waals surface area contributed by atoms with Crippen LogP contribution in [0.3, 0.4) is 0 Å². The first-order valence-corrected chi connectivity index (χ1v) is 11.7. The molecule has 0 atom stereocenters. The zero-order valence-corrected chi connectivity index (χ0v) is 19.0. The molecule has 0 saturated carbocycles. The molecule has 1 N–H and O–H groups in total. The molecule has 1 amide bonds. The van der Waals surface area contributed by atoms with Crippen LogP contribution in [0.15, 0.2) is 87.5 Å². The molecule has 0 aliphatic carbocycles. The van der Waals surface area contributed by atoms with E-state index >= 15 is 0 Å². The van der Waals surface area contributed by atoms with Crippen molar-refractivity contribution < 1.29 is 17.6 Å². The fourth-order valence-electron chi connectivity index (χ4n) is 3.47. The maximum absolute atomic E-state index is 13.3. The van der Waals surface area contributed by atoms with E-state index in [0.29, 0.717) is 16.2 Å². The minimum absolute atomic E-state index is 0.161. The molecule has 0 aliphatic heterocycles. The molecule has 33 heavy (non-hydrogen) atoms. The molecule has 0 spiro atoms. The molecular formula is C24H18ClFN2O4S. The first-order chi connectivity index (χ1) is 15.6. The second-order valence-corrected chi connectivity index (χ2v) is 9.84. The van der Waals surface area contributed by atoms with Crippen LogP contribution in [0.1, 0.15) is 5.56 Å². The van der Waals surface area contributed by atoms with E-state index in [2.05, 4.69) is 5.32 Å². The number of nitrogens with zero attached hydrogens (tertiary/aromatic N) is 1. The van der Waals surface area contributed by atoms with E-state index in [1.54, 1.807) is 49.4 Å². The number of anilines is 1. The summed E-state index contributed by atoms with van der Waals surface area (Å²) >= 11 is 5.96. The number of sulfone groups is 1. The third-order valence-corrected chi connectivity index (χ3v) is 7.04. The minimum atomic E-state index is -4.26. The highest BCUT2D eigenvalue weighted by molar-refractivity contribution is 7.91. The topological polar surface area (TPSA) is 85.2 Å². The Hall–Kier alpha value is -3.49. The zero-order chi connectivity index (χ0) is 23.8. The number of halogens is 2. The average molecular weight is 485 g/mol. The van der Waals surface area contributed by atoms with E-state index in [1.165, 1.54) is 4.57 Å². The van der Waals surface area contributed by atoms with Crippen molar-refractivity contribution in [2.24, 2.45) is 0 Å². The van der Waals surface area contributed by atoms with Crippen molar-refractivity contribution in [2.45, 2.75) is 23.3 Å². The van der Waals surface area contributed by atoms with Gasteiger partial charge in [0.25, 0.3) is 0 Å². The third kappa shape index (κ3) is 4.67. The van der Waals surface area contributed by atoms with Gasteiger partial charge >= 0.3 is 0 Å². The maximum Gasteiger partial charge on any atom is 0.244 e. The largest absolute Gasteiger partial charge is 0.336 e. The van der Waals surface area contributed by atoms with Crippen molar-refractivity contribution in [1.29, 1.82) is 0 Å². The number of aromatic nitrogens is 1. The Kier molecular flexibility index (Phi) is 6.05. The van der Waals surface area contributed by atoms with E-state index in [4.69, 9.17) is 11.6 Å². The summed E-state index contributed by atoms with van der Waals surface area (Å²) in [6.07, 6.45) is 1.15. The molecule has 0 aliphatic rings. The number of pyridine rings is 1. The van der Waals surface area contributed by atoms with Gasteiger partial charge in [-0.05, 0) is 61.5 Å². The van der Waals surface area contributed by atoms with Gasteiger partial charge in [-0.2, -0.15) is 0 Å². The van der Waals surface area contributed by atoms with E-state index in [1.807, 2.05) is 0 Å². The second-order valence-electron chi connectivity index (χ2n) is 7.49. The van der Waals surface area contributed by atoms with Gasteiger partial charge in [-0.25, -0.2) is 12.8 Å². The molecule has 6 nitrogen and oxygen atoms in total. The summed E-state index contributed by atoms with van der Waals surface area (Å²) in [5.74, 6) is -1.04. The molecule has 0 fully saturated rings. The summed E-state index contributed by atoms with van der Waals surface area (Å²) in [6.45, 7) is 1.52. The Morgan fingerprint density at radius 2 is 1.79 bits per heavy atom. The Morgan fingerprint density at radius 3 is 2.48 bits per heavy atom. The van der Waals surface area contributed by atoms with Crippen LogP contribution >= 0.6 is 11.6 Å².